The molecule has 1 aliphatic heterocycles. The van der Waals surface area contributed by atoms with Gasteiger partial charge in [0, 0.05) is 18.9 Å². The summed E-state index contributed by atoms with van der Waals surface area (Å²) in [5.41, 5.74) is 3.21. The Morgan fingerprint density at radius 2 is 2.07 bits per heavy atom. The van der Waals surface area contributed by atoms with Crippen molar-refractivity contribution in [2.75, 3.05) is 11.9 Å². The molecule has 3 aromatic heterocycles. The van der Waals surface area contributed by atoms with Crippen LogP contribution in [0.4, 0.5) is 11.6 Å². The van der Waals surface area contributed by atoms with E-state index in [9.17, 15) is 0 Å². The van der Waals surface area contributed by atoms with Gasteiger partial charge < -0.3 is 5.32 Å². The van der Waals surface area contributed by atoms with E-state index in [0.717, 1.165) is 43.0 Å². The predicted molar refractivity (Wildman–Crippen MR) is 101 cm³/mol. The van der Waals surface area contributed by atoms with Crippen LogP contribution in [0.5, 0.6) is 0 Å². The van der Waals surface area contributed by atoms with Gasteiger partial charge >= 0.3 is 0 Å². The van der Waals surface area contributed by atoms with Gasteiger partial charge in [-0.2, -0.15) is 5.26 Å². The number of hydrogen-bond donors (Lipinski definition) is 1. The summed E-state index contributed by atoms with van der Waals surface area (Å²) in [6.45, 7) is 1.85. The van der Waals surface area contributed by atoms with Crippen LogP contribution in [0.25, 0.3) is 0 Å². The Balaban J connectivity index is 1.50. The molecule has 1 aliphatic rings. The summed E-state index contributed by atoms with van der Waals surface area (Å²) in [6.07, 6.45) is 7.43. The lowest BCUT2D eigenvalue weighted by Crippen LogP contribution is -2.24. The molecule has 4 heterocycles. The molecule has 0 bridgehead atoms. The SMILES string of the molecule is N#Cc1ccc(Nc2nccc([C@H]3CCCN3Cc3ccccn3)n2)cn1. The fourth-order valence-electron chi connectivity index (χ4n) is 3.33. The maximum absolute atomic E-state index is 8.84. The smallest absolute Gasteiger partial charge is 0.227 e. The van der Waals surface area contributed by atoms with Crippen LogP contribution in [0.15, 0.2) is 55.0 Å². The molecular formula is C20H19N7. The molecule has 0 aromatic carbocycles. The van der Waals surface area contributed by atoms with Gasteiger partial charge in [0.2, 0.25) is 5.95 Å². The van der Waals surface area contributed by atoms with Crippen molar-refractivity contribution in [1.82, 2.24) is 24.8 Å². The van der Waals surface area contributed by atoms with Crippen LogP contribution in [0, 0.1) is 11.3 Å². The molecule has 1 N–H and O–H groups in total. The van der Waals surface area contributed by atoms with Crippen LogP contribution in [-0.2, 0) is 6.54 Å². The molecule has 4 rings (SSSR count). The van der Waals surface area contributed by atoms with Crippen LogP contribution < -0.4 is 5.32 Å². The number of rotatable bonds is 5. The summed E-state index contributed by atoms with van der Waals surface area (Å²) in [5.74, 6) is 0.531. The van der Waals surface area contributed by atoms with E-state index in [-0.39, 0.29) is 6.04 Å². The zero-order valence-corrected chi connectivity index (χ0v) is 14.8. The van der Waals surface area contributed by atoms with Crippen molar-refractivity contribution in [3.8, 4) is 6.07 Å². The summed E-state index contributed by atoms with van der Waals surface area (Å²) < 4.78 is 0. The molecule has 0 amide bonds. The fourth-order valence-corrected chi connectivity index (χ4v) is 3.33. The summed E-state index contributed by atoms with van der Waals surface area (Å²) in [7, 11) is 0. The van der Waals surface area contributed by atoms with Gasteiger partial charge in [-0.3, -0.25) is 9.88 Å². The molecule has 0 saturated carbocycles. The zero-order valence-electron chi connectivity index (χ0n) is 14.8. The summed E-state index contributed by atoms with van der Waals surface area (Å²) in [6, 6.07) is 13.7. The lowest BCUT2D eigenvalue weighted by atomic mass is 10.1. The zero-order chi connectivity index (χ0) is 18.5. The standard InChI is InChI=1S/C20H19N7/c21-12-15-6-7-16(13-24-15)25-20-23-10-8-18(26-20)19-5-3-11-27(19)14-17-4-1-2-9-22-17/h1-2,4,6-10,13,19H,3,5,11,14H2,(H,23,25,26)/t19-/m1/s1. The first kappa shape index (κ1) is 17.1. The molecule has 1 fully saturated rings. The number of pyridine rings is 2. The monoisotopic (exact) mass is 357 g/mol. The Hall–Kier alpha value is -3.37. The second kappa shape index (κ2) is 7.89. The molecule has 0 radical (unpaired) electrons. The van der Waals surface area contributed by atoms with Gasteiger partial charge in [-0.25, -0.2) is 15.0 Å². The number of anilines is 2. The molecule has 3 aromatic rings. The summed E-state index contributed by atoms with van der Waals surface area (Å²) >= 11 is 0. The Bertz CT molecular complexity index is 935. The van der Waals surface area contributed by atoms with Crippen molar-refractivity contribution in [3.05, 3.63) is 72.1 Å². The Morgan fingerprint density at radius 3 is 2.85 bits per heavy atom. The van der Waals surface area contributed by atoms with Crippen LogP contribution in [-0.4, -0.2) is 31.4 Å². The number of likely N-dealkylation sites (tertiary alicyclic amines) is 1. The van der Waals surface area contributed by atoms with E-state index in [1.807, 2.05) is 30.5 Å². The Labute approximate surface area is 157 Å². The molecule has 134 valence electrons. The van der Waals surface area contributed by atoms with Gasteiger partial charge in [0.25, 0.3) is 0 Å². The topological polar surface area (TPSA) is 90.6 Å². The summed E-state index contributed by atoms with van der Waals surface area (Å²) in [4.78, 5) is 19.9. The van der Waals surface area contributed by atoms with Crippen LogP contribution in [0.2, 0.25) is 0 Å². The third-order valence-electron chi connectivity index (χ3n) is 4.61. The van der Waals surface area contributed by atoms with E-state index in [2.05, 4.69) is 31.2 Å². The maximum atomic E-state index is 8.84. The highest BCUT2D eigenvalue weighted by atomic mass is 15.2. The van der Waals surface area contributed by atoms with Gasteiger partial charge in [-0.1, -0.05) is 6.07 Å². The van der Waals surface area contributed by atoms with Gasteiger partial charge in [-0.15, -0.1) is 0 Å². The average Bonchev–Trinajstić information content (AvgIpc) is 3.18. The third kappa shape index (κ3) is 4.07. The molecule has 1 saturated heterocycles. The minimum Gasteiger partial charge on any atom is -0.323 e. The molecule has 1 atom stereocenters. The first-order chi connectivity index (χ1) is 13.3. The van der Waals surface area contributed by atoms with Gasteiger partial charge in [-0.05, 0) is 49.7 Å². The maximum Gasteiger partial charge on any atom is 0.227 e. The Morgan fingerprint density at radius 1 is 1.11 bits per heavy atom. The van der Waals surface area contributed by atoms with Crippen molar-refractivity contribution in [2.45, 2.75) is 25.4 Å². The van der Waals surface area contributed by atoms with E-state index in [1.54, 1.807) is 24.5 Å². The first-order valence-corrected chi connectivity index (χ1v) is 8.92. The van der Waals surface area contributed by atoms with Crippen molar-refractivity contribution in [1.29, 1.82) is 5.26 Å². The number of hydrogen-bond acceptors (Lipinski definition) is 7. The lowest BCUT2D eigenvalue weighted by molar-refractivity contribution is 0.241. The fraction of sp³-hybridized carbons (Fsp3) is 0.250. The molecule has 7 nitrogen and oxygen atoms in total. The number of nitrogens with one attached hydrogen (secondary N) is 1. The average molecular weight is 357 g/mol. The first-order valence-electron chi connectivity index (χ1n) is 8.92. The highest BCUT2D eigenvalue weighted by Gasteiger charge is 2.27. The molecule has 0 spiro atoms. The molecular weight excluding hydrogens is 338 g/mol. The van der Waals surface area contributed by atoms with Crippen LogP contribution >= 0.6 is 0 Å². The van der Waals surface area contributed by atoms with Crippen LogP contribution in [0.1, 0.15) is 36.0 Å². The van der Waals surface area contributed by atoms with Crippen molar-refractivity contribution in [2.24, 2.45) is 0 Å². The lowest BCUT2D eigenvalue weighted by Gasteiger charge is -2.23. The van der Waals surface area contributed by atoms with E-state index >= 15 is 0 Å². The van der Waals surface area contributed by atoms with Gasteiger partial charge in [0.15, 0.2) is 0 Å². The highest BCUT2D eigenvalue weighted by Crippen LogP contribution is 2.32. The highest BCUT2D eigenvalue weighted by molar-refractivity contribution is 5.52. The van der Waals surface area contributed by atoms with Crippen molar-refractivity contribution in [3.63, 3.8) is 0 Å². The summed E-state index contributed by atoms with van der Waals surface area (Å²) in [5, 5.41) is 12.0. The van der Waals surface area contributed by atoms with Gasteiger partial charge in [0.1, 0.15) is 11.8 Å². The minimum atomic E-state index is 0.259. The molecule has 0 aliphatic carbocycles. The normalized spacial score (nSPS) is 16.8. The Kier molecular flexibility index (Phi) is 4.99. The number of nitriles is 1. The van der Waals surface area contributed by atoms with E-state index in [4.69, 9.17) is 10.2 Å². The van der Waals surface area contributed by atoms with E-state index in [0.29, 0.717) is 11.6 Å². The largest absolute Gasteiger partial charge is 0.323 e. The van der Waals surface area contributed by atoms with Crippen LogP contribution in [0.3, 0.4) is 0 Å². The number of aromatic nitrogens is 4. The molecule has 27 heavy (non-hydrogen) atoms. The van der Waals surface area contributed by atoms with Crippen molar-refractivity contribution >= 4 is 11.6 Å². The van der Waals surface area contributed by atoms with E-state index < -0.39 is 0 Å². The predicted octanol–water partition coefficient (Wildman–Crippen LogP) is 3.22. The quantitative estimate of drug-likeness (QED) is 0.749. The minimum absolute atomic E-state index is 0.259. The second-order valence-electron chi connectivity index (χ2n) is 6.42. The number of nitrogens with zero attached hydrogens (tertiary/aromatic N) is 6. The van der Waals surface area contributed by atoms with E-state index in [1.165, 1.54) is 0 Å². The molecule has 7 heteroatoms. The van der Waals surface area contributed by atoms with Gasteiger partial charge in [0.05, 0.1) is 29.3 Å². The second-order valence-corrected chi connectivity index (χ2v) is 6.42. The van der Waals surface area contributed by atoms with Crippen molar-refractivity contribution < 1.29 is 0 Å². The molecule has 0 unspecified atom stereocenters. The third-order valence-corrected chi connectivity index (χ3v) is 4.61.